The van der Waals surface area contributed by atoms with Gasteiger partial charge in [0.25, 0.3) is 5.91 Å². The number of fused-ring (bicyclic) bond motifs is 7. The van der Waals surface area contributed by atoms with Crippen LogP contribution in [0, 0.1) is 11.3 Å². The molecule has 9 atom stereocenters. The summed E-state index contributed by atoms with van der Waals surface area (Å²) in [5.41, 5.74) is 2.21. The van der Waals surface area contributed by atoms with E-state index in [9.17, 15) is 14.7 Å². The Morgan fingerprint density at radius 2 is 1.82 bits per heavy atom. The molecule has 3 aromatic carbocycles. The number of amides is 1. The van der Waals surface area contributed by atoms with Gasteiger partial charge in [0.2, 0.25) is 6.79 Å². The van der Waals surface area contributed by atoms with E-state index in [4.69, 9.17) is 23.7 Å². The molecule has 3 N–H and O–H groups in total. The molecule has 14 nitrogen and oxygen atoms in total. The first-order chi connectivity index (χ1) is 32.4. The predicted octanol–water partition coefficient (Wildman–Crippen LogP) is 5.78. The number of aromatic amines is 1. The van der Waals surface area contributed by atoms with E-state index in [2.05, 4.69) is 81.3 Å². The van der Waals surface area contributed by atoms with Gasteiger partial charge in [-0.2, -0.15) is 0 Å². The van der Waals surface area contributed by atoms with Crippen molar-refractivity contribution >= 4 is 34.4 Å². The molecule has 14 heteroatoms. The van der Waals surface area contributed by atoms with Gasteiger partial charge in [-0.15, -0.1) is 0 Å². The zero-order valence-corrected chi connectivity index (χ0v) is 39.3. The number of carbonyl (C=O) groups is 3. The third-order valence-electron chi connectivity index (χ3n) is 16.8. The average Bonchev–Trinajstić information content (AvgIpc) is 4.13. The van der Waals surface area contributed by atoms with Crippen LogP contribution in [0.5, 0.6) is 17.2 Å². The number of nitrogens with zero attached hydrogens (tertiary/aromatic N) is 3. The molecule has 7 heterocycles. The summed E-state index contributed by atoms with van der Waals surface area (Å²) in [5, 5.41) is 18.2. The fourth-order valence-corrected chi connectivity index (χ4v) is 14.4. The van der Waals surface area contributed by atoms with Crippen molar-refractivity contribution in [1.82, 2.24) is 20.1 Å². The fraction of sp³-hybridized carbons (Fsp3) is 0.491. The Morgan fingerprint density at radius 3 is 2.60 bits per heavy atom. The quantitative estimate of drug-likeness (QED) is 0.138. The number of esters is 2. The number of methoxy groups -OCH3 is 2. The monoisotopic (exact) mass is 911 g/mol. The van der Waals surface area contributed by atoms with Crippen molar-refractivity contribution < 1.29 is 43.2 Å². The molecule has 1 aromatic heterocycles. The Bertz CT molecular complexity index is 2770. The van der Waals surface area contributed by atoms with Crippen molar-refractivity contribution in [2.24, 2.45) is 11.3 Å². The average molecular weight is 912 g/mol. The van der Waals surface area contributed by atoms with Gasteiger partial charge in [0.1, 0.15) is 22.9 Å². The number of anilines is 1. The Hall–Kier alpha value is -5.83. The highest BCUT2D eigenvalue weighted by molar-refractivity contribution is 5.96. The maximum Gasteiger partial charge on any atom is 0.322 e. The molecular weight excluding hydrogens is 851 g/mol. The van der Waals surface area contributed by atoms with E-state index in [1.165, 1.54) is 19.6 Å². The number of ether oxygens (including phenoxy) is 5. The lowest BCUT2D eigenvalue weighted by molar-refractivity contribution is -0.216. The van der Waals surface area contributed by atoms with E-state index in [-0.39, 0.29) is 31.3 Å². The molecule has 2 unspecified atom stereocenters. The molecule has 7 aliphatic rings. The third-order valence-corrected chi connectivity index (χ3v) is 16.8. The lowest BCUT2D eigenvalue weighted by Crippen LogP contribution is -2.81. The number of hydrogen-bond donors (Lipinski definition) is 3. The van der Waals surface area contributed by atoms with Crippen LogP contribution in [0.2, 0.25) is 0 Å². The van der Waals surface area contributed by atoms with Crippen LogP contribution in [0.1, 0.15) is 79.2 Å². The number of hydrogen-bond acceptors (Lipinski definition) is 12. The lowest BCUT2D eigenvalue weighted by Gasteiger charge is -2.64. The summed E-state index contributed by atoms with van der Waals surface area (Å²) in [6, 6.07) is 16.6. The number of carbonyl (C=O) groups excluding carboxylic acids is 3. The third kappa shape index (κ3) is 6.14. The molecule has 11 rings (SSSR count). The zero-order chi connectivity index (χ0) is 46.6. The minimum Gasteiger partial charge on any atom is -0.496 e. The summed E-state index contributed by atoms with van der Waals surface area (Å²) in [4.78, 5) is 54.0. The largest absolute Gasteiger partial charge is 0.496 e. The smallest absolute Gasteiger partial charge is 0.322 e. The van der Waals surface area contributed by atoms with Gasteiger partial charge in [-0.25, -0.2) is 0 Å². The van der Waals surface area contributed by atoms with Crippen LogP contribution in [0.3, 0.4) is 0 Å². The van der Waals surface area contributed by atoms with E-state index in [1.807, 2.05) is 19.2 Å². The number of nitrogens with one attached hydrogen (secondary N) is 2. The van der Waals surface area contributed by atoms with Gasteiger partial charge in [0, 0.05) is 96.5 Å². The normalized spacial score (nSPS) is 32.2. The van der Waals surface area contributed by atoms with Crippen molar-refractivity contribution in [3.05, 3.63) is 106 Å². The van der Waals surface area contributed by atoms with Crippen LogP contribution < -0.4 is 24.4 Å². The van der Waals surface area contributed by atoms with E-state index >= 15 is 4.79 Å². The van der Waals surface area contributed by atoms with Crippen molar-refractivity contribution in [3.63, 3.8) is 0 Å². The maximum absolute atomic E-state index is 15.5. The number of H-pyrrole nitrogens is 1. The van der Waals surface area contributed by atoms with Crippen molar-refractivity contribution in [2.45, 2.75) is 87.5 Å². The first-order valence-electron chi connectivity index (χ1n) is 23.9. The van der Waals surface area contributed by atoms with E-state index < -0.39 is 45.9 Å². The summed E-state index contributed by atoms with van der Waals surface area (Å²) in [6.07, 6.45) is 8.90. The molecule has 6 aliphatic heterocycles. The molecule has 1 saturated heterocycles. The summed E-state index contributed by atoms with van der Waals surface area (Å²) < 4.78 is 30.1. The van der Waals surface area contributed by atoms with Gasteiger partial charge < -0.3 is 44.0 Å². The second kappa shape index (κ2) is 15.9. The Morgan fingerprint density at radius 1 is 1.00 bits per heavy atom. The minimum atomic E-state index is -1.85. The number of likely N-dealkylation sites (N-methyl/N-ethyl adjacent to an activating group) is 1. The molecule has 352 valence electrons. The lowest BCUT2D eigenvalue weighted by atomic mass is 9.47. The predicted molar refractivity (Wildman–Crippen MR) is 252 cm³/mol. The molecule has 1 amide bonds. The molecule has 1 spiro atoms. The van der Waals surface area contributed by atoms with Gasteiger partial charge in [-0.3, -0.25) is 24.2 Å². The van der Waals surface area contributed by atoms with Crippen molar-refractivity contribution in [1.29, 1.82) is 0 Å². The maximum atomic E-state index is 15.5. The number of benzene rings is 3. The standard InChI is InChI=1S/C53H61N5O9/c1-7-32-22-33-26-52(49(61)64-6,44-36(16-20-57(27-32)28-33)35-12-9-10-13-39(35)55-44)38-24-37-40(25-42(38)63-5)56(4)47-51(37)18-21-58-19-11-17-50(8-2,46(51)58)48(67-31(3)59)53(47,62)29-54-45(60)34-14-15-41-43(23-34)66-30-65-41/h9-15,17,22-25,33,46-48,55,62H,7-8,16,18-21,26-30H2,1-6H3,(H,54,60)/t33-,46?,47+,48+,50+,51+,52-,53-/m0/s1. The van der Waals surface area contributed by atoms with E-state index in [0.29, 0.717) is 60.7 Å². The second-order valence-electron chi connectivity index (χ2n) is 19.9. The van der Waals surface area contributed by atoms with Crippen LogP contribution >= 0.6 is 0 Å². The van der Waals surface area contributed by atoms with E-state index in [0.717, 1.165) is 65.9 Å². The highest BCUT2D eigenvalue weighted by Crippen LogP contribution is 2.68. The molecule has 2 fully saturated rings. The first kappa shape index (κ1) is 43.7. The fourth-order valence-electron chi connectivity index (χ4n) is 14.4. The van der Waals surface area contributed by atoms with Crippen LogP contribution in [-0.4, -0.2) is 129 Å². The van der Waals surface area contributed by atoms with Crippen LogP contribution in [0.15, 0.2) is 78.4 Å². The van der Waals surface area contributed by atoms with E-state index in [1.54, 1.807) is 25.3 Å². The molecule has 4 aromatic rings. The summed E-state index contributed by atoms with van der Waals surface area (Å²) >= 11 is 0. The van der Waals surface area contributed by atoms with Crippen molar-refractivity contribution in [3.8, 4) is 17.2 Å². The molecule has 0 radical (unpaired) electrons. The van der Waals surface area contributed by atoms with Crippen LogP contribution in [-0.2, 0) is 36.3 Å². The van der Waals surface area contributed by atoms with Gasteiger partial charge in [0.15, 0.2) is 11.5 Å². The molecule has 67 heavy (non-hydrogen) atoms. The first-order valence-corrected chi connectivity index (χ1v) is 23.9. The highest BCUT2D eigenvalue weighted by Gasteiger charge is 2.78. The number of aromatic nitrogens is 1. The SMILES string of the molecule is CCC1=C[C@@H]2CN(CCc3c([nH]c4ccccc34)[C@@](C(=O)OC)(c3cc4c(cc3OC)N(C)[C@H]3[C@@](O)(CNC(=O)c5ccc6c(c5)OCO6)[C@H](OC(C)=O)[C@]5(CC)C=CCN6CC[C@]43C65)C2)C1. The van der Waals surface area contributed by atoms with Crippen LogP contribution in [0.25, 0.3) is 10.9 Å². The van der Waals surface area contributed by atoms with Gasteiger partial charge in [-0.05, 0) is 86.0 Å². The topological polar surface area (TPSA) is 155 Å². The van der Waals surface area contributed by atoms with Gasteiger partial charge in [0.05, 0.1) is 26.8 Å². The number of rotatable bonds is 9. The Balaban J connectivity index is 1.14. The highest BCUT2D eigenvalue weighted by atomic mass is 16.7. The summed E-state index contributed by atoms with van der Waals surface area (Å²) in [6.45, 7) is 9.45. The molecule has 1 saturated carbocycles. The molecule has 2 bridgehead atoms. The van der Waals surface area contributed by atoms with Gasteiger partial charge in [-0.1, -0.05) is 55.8 Å². The minimum absolute atomic E-state index is 0.0162. The molecular formula is C53H61N5O9. The summed E-state index contributed by atoms with van der Waals surface area (Å²) in [7, 11) is 5.11. The Labute approximate surface area is 391 Å². The van der Waals surface area contributed by atoms with Gasteiger partial charge >= 0.3 is 11.9 Å². The zero-order valence-electron chi connectivity index (χ0n) is 39.3. The number of aliphatic hydroxyl groups is 1. The number of para-hydroxylation sites is 1. The summed E-state index contributed by atoms with van der Waals surface area (Å²) in [5.74, 6) is 0.253. The van der Waals surface area contributed by atoms with Crippen LogP contribution in [0.4, 0.5) is 5.69 Å². The Kier molecular flexibility index (Phi) is 10.4. The second-order valence-corrected chi connectivity index (χ2v) is 19.9. The molecule has 1 aliphatic carbocycles. The van der Waals surface area contributed by atoms with Crippen molar-refractivity contribution in [2.75, 3.05) is 72.2 Å².